The van der Waals surface area contributed by atoms with Crippen molar-refractivity contribution < 1.29 is 0 Å². The van der Waals surface area contributed by atoms with E-state index in [0.717, 1.165) is 11.8 Å². The second kappa shape index (κ2) is 6.21. The van der Waals surface area contributed by atoms with Crippen molar-refractivity contribution in [2.45, 2.75) is 33.1 Å². The van der Waals surface area contributed by atoms with Crippen molar-refractivity contribution in [1.82, 2.24) is 0 Å². The fourth-order valence-electron chi connectivity index (χ4n) is 1.60. The van der Waals surface area contributed by atoms with E-state index in [-0.39, 0.29) is 0 Å². The standard InChI is InChI=1S/C9H14.C2H6/c1-3-8-6-5-7-9(8)4-2;1-2/h3-4,8-9H,1-2,5-7H2;1-2H3. The van der Waals surface area contributed by atoms with Crippen LogP contribution in [0.4, 0.5) is 0 Å². The van der Waals surface area contributed by atoms with Gasteiger partial charge in [-0.25, -0.2) is 0 Å². The highest BCUT2D eigenvalue weighted by Gasteiger charge is 2.20. The van der Waals surface area contributed by atoms with Crippen LogP contribution in [0.3, 0.4) is 0 Å². The SMILES string of the molecule is C=CC1CCCC1C=C.CC. The van der Waals surface area contributed by atoms with Crippen molar-refractivity contribution in [2.24, 2.45) is 11.8 Å². The van der Waals surface area contributed by atoms with E-state index in [9.17, 15) is 0 Å². The van der Waals surface area contributed by atoms with Gasteiger partial charge in [0, 0.05) is 0 Å². The molecule has 11 heavy (non-hydrogen) atoms. The molecule has 0 amide bonds. The van der Waals surface area contributed by atoms with Gasteiger partial charge in [-0.2, -0.15) is 0 Å². The summed E-state index contributed by atoms with van der Waals surface area (Å²) < 4.78 is 0. The van der Waals surface area contributed by atoms with Crippen molar-refractivity contribution in [2.75, 3.05) is 0 Å². The third-order valence-corrected chi connectivity index (χ3v) is 2.23. The summed E-state index contributed by atoms with van der Waals surface area (Å²) in [5.74, 6) is 1.45. The van der Waals surface area contributed by atoms with E-state index in [1.165, 1.54) is 19.3 Å². The summed E-state index contributed by atoms with van der Waals surface area (Å²) in [6.45, 7) is 11.6. The number of hydrogen-bond donors (Lipinski definition) is 0. The molecule has 0 spiro atoms. The molecule has 0 N–H and O–H groups in total. The summed E-state index contributed by atoms with van der Waals surface area (Å²) in [5.41, 5.74) is 0. The molecule has 0 aromatic heterocycles. The average Bonchev–Trinajstić information content (AvgIpc) is 2.54. The zero-order valence-electron chi connectivity index (χ0n) is 7.84. The molecule has 0 heterocycles. The zero-order valence-corrected chi connectivity index (χ0v) is 7.84. The molecule has 1 fully saturated rings. The van der Waals surface area contributed by atoms with E-state index in [1.54, 1.807) is 0 Å². The second-order valence-corrected chi connectivity index (χ2v) is 2.73. The first kappa shape index (κ1) is 10.5. The smallest absolute Gasteiger partial charge is 0.0173 e. The lowest BCUT2D eigenvalue weighted by atomic mass is 9.97. The van der Waals surface area contributed by atoms with E-state index >= 15 is 0 Å². The van der Waals surface area contributed by atoms with Gasteiger partial charge in [-0.15, -0.1) is 13.2 Å². The van der Waals surface area contributed by atoms with Crippen LogP contribution in [0.5, 0.6) is 0 Å². The molecule has 1 rings (SSSR count). The molecular formula is C11H20. The van der Waals surface area contributed by atoms with Crippen LogP contribution in [0.2, 0.25) is 0 Å². The molecule has 0 aromatic rings. The van der Waals surface area contributed by atoms with Crippen LogP contribution in [0.15, 0.2) is 25.3 Å². The highest BCUT2D eigenvalue weighted by Crippen LogP contribution is 2.32. The Bertz CT molecular complexity index is 99.2. The normalized spacial score (nSPS) is 28.5. The third kappa shape index (κ3) is 2.92. The lowest BCUT2D eigenvalue weighted by Crippen LogP contribution is -1.99. The molecule has 1 aliphatic rings. The van der Waals surface area contributed by atoms with Crippen molar-refractivity contribution >= 4 is 0 Å². The van der Waals surface area contributed by atoms with Crippen molar-refractivity contribution in [3.8, 4) is 0 Å². The van der Waals surface area contributed by atoms with Gasteiger partial charge >= 0.3 is 0 Å². The zero-order chi connectivity index (χ0) is 8.69. The second-order valence-electron chi connectivity index (χ2n) is 2.73. The summed E-state index contributed by atoms with van der Waals surface area (Å²) in [4.78, 5) is 0. The maximum atomic E-state index is 3.79. The topological polar surface area (TPSA) is 0 Å². The molecule has 0 aromatic carbocycles. The maximum absolute atomic E-state index is 3.79. The minimum atomic E-state index is 0.725. The maximum Gasteiger partial charge on any atom is -0.0173 e. The van der Waals surface area contributed by atoms with Gasteiger partial charge in [0.25, 0.3) is 0 Å². The van der Waals surface area contributed by atoms with Gasteiger partial charge < -0.3 is 0 Å². The largest absolute Gasteiger partial charge is 0.103 e. The van der Waals surface area contributed by atoms with Gasteiger partial charge in [-0.1, -0.05) is 32.4 Å². The Balaban J connectivity index is 0.000000461. The molecule has 1 saturated carbocycles. The van der Waals surface area contributed by atoms with E-state index < -0.39 is 0 Å². The molecule has 0 radical (unpaired) electrons. The summed E-state index contributed by atoms with van der Waals surface area (Å²) in [7, 11) is 0. The first-order valence-electron chi connectivity index (χ1n) is 4.63. The molecule has 0 bridgehead atoms. The molecule has 0 aliphatic heterocycles. The van der Waals surface area contributed by atoms with Crippen molar-refractivity contribution in [3.63, 3.8) is 0 Å². The highest BCUT2D eigenvalue weighted by atomic mass is 14.3. The van der Waals surface area contributed by atoms with Gasteiger partial charge in [0.05, 0.1) is 0 Å². The van der Waals surface area contributed by atoms with Gasteiger partial charge in [-0.05, 0) is 24.7 Å². The summed E-state index contributed by atoms with van der Waals surface area (Å²) in [6.07, 6.45) is 8.13. The molecule has 1 aliphatic carbocycles. The Labute approximate surface area is 71.0 Å². The van der Waals surface area contributed by atoms with Gasteiger partial charge in [-0.3, -0.25) is 0 Å². The Hall–Kier alpha value is -0.520. The first-order valence-corrected chi connectivity index (χ1v) is 4.63. The van der Waals surface area contributed by atoms with Crippen LogP contribution in [0.25, 0.3) is 0 Å². The van der Waals surface area contributed by atoms with Crippen LogP contribution in [0.1, 0.15) is 33.1 Å². The minimum Gasteiger partial charge on any atom is -0.103 e. The van der Waals surface area contributed by atoms with Crippen LogP contribution < -0.4 is 0 Å². The van der Waals surface area contributed by atoms with Gasteiger partial charge in [0.2, 0.25) is 0 Å². The Kier molecular flexibility index (Phi) is 5.91. The number of hydrogen-bond acceptors (Lipinski definition) is 0. The van der Waals surface area contributed by atoms with E-state index in [1.807, 2.05) is 13.8 Å². The molecular weight excluding hydrogens is 132 g/mol. The van der Waals surface area contributed by atoms with Gasteiger partial charge in [0.1, 0.15) is 0 Å². The molecule has 2 atom stereocenters. The molecule has 64 valence electrons. The lowest BCUT2D eigenvalue weighted by Gasteiger charge is -2.08. The predicted octanol–water partition coefficient (Wildman–Crippen LogP) is 3.80. The minimum absolute atomic E-state index is 0.725. The van der Waals surface area contributed by atoms with Crippen molar-refractivity contribution in [3.05, 3.63) is 25.3 Å². The fourth-order valence-corrected chi connectivity index (χ4v) is 1.60. The molecule has 2 unspecified atom stereocenters. The Morgan fingerprint density at radius 2 is 1.36 bits per heavy atom. The number of allylic oxidation sites excluding steroid dienone is 2. The third-order valence-electron chi connectivity index (χ3n) is 2.23. The summed E-state index contributed by atoms with van der Waals surface area (Å²) in [5, 5.41) is 0. The summed E-state index contributed by atoms with van der Waals surface area (Å²) in [6, 6.07) is 0. The molecule has 0 heteroatoms. The lowest BCUT2D eigenvalue weighted by molar-refractivity contribution is 0.560. The molecule has 0 nitrogen and oxygen atoms in total. The van der Waals surface area contributed by atoms with E-state index in [2.05, 4.69) is 25.3 Å². The van der Waals surface area contributed by atoms with E-state index in [4.69, 9.17) is 0 Å². The van der Waals surface area contributed by atoms with Crippen LogP contribution >= 0.6 is 0 Å². The van der Waals surface area contributed by atoms with Gasteiger partial charge in [0.15, 0.2) is 0 Å². The highest BCUT2D eigenvalue weighted by molar-refractivity contribution is 4.96. The first-order chi connectivity index (χ1) is 5.38. The average molecular weight is 152 g/mol. The molecule has 0 saturated heterocycles. The van der Waals surface area contributed by atoms with Crippen LogP contribution in [-0.4, -0.2) is 0 Å². The number of rotatable bonds is 2. The monoisotopic (exact) mass is 152 g/mol. The fraction of sp³-hybridized carbons (Fsp3) is 0.636. The predicted molar refractivity (Wildman–Crippen MR) is 52.6 cm³/mol. The van der Waals surface area contributed by atoms with Crippen LogP contribution in [0, 0.1) is 11.8 Å². The van der Waals surface area contributed by atoms with Crippen molar-refractivity contribution in [1.29, 1.82) is 0 Å². The Morgan fingerprint density at radius 1 is 1.00 bits per heavy atom. The van der Waals surface area contributed by atoms with Crippen LogP contribution in [-0.2, 0) is 0 Å². The Morgan fingerprint density at radius 3 is 1.64 bits per heavy atom. The van der Waals surface area contributed by atoms with E-state index in [0.29, 0.717) is 0 Å². The summed E-state index contributed by atoms with van der Waals surface area (Å²) >= 11 is 0. The quantitative estimate of drug-likeness (QED) is 0.528.